The summed E-state index contributed by atoms with van der Waals surface area (Å²) in [7, 11) is 1.42. The second-order valence-corrected chi connectivity index (χ2v) is 6.17. The highest BCUT2D eigenvalue weighted by molar-refractivity contribution is 8.00. The number of hydrogen-bond acceptors (Lipinski definition) is 4. The van der Waals surface area contributed by atoms with Gasteiger partial charge in [-0.05, 0) is 17.8 Å². The Kier molecular flexibility index (Phi) is 5.67. The number of hydrogen-bond donors (Lipinski definition) is 1. The van der Waals surface area contributed by atoms with Crippen LogP contribution in [-0.4, -0.2) is 47.2 Å². The minimum Gasteiger partial charge on any atom is -0.468 e. The molecule has 6 heteroatoms. The molecule has 1 heterocycles. The number of thiocarbonyl (C=S) groups is 1. The van der Waals surface area contributed by atoms with E-state index in [1.807, 2.05) is 23.1 Å². The van der Waals surface area contributed by atoms with Crippen LogP contribution in [0, 0.1) is 0 Å². The third-order valence-electron chi connectivity index (χ3n) is 3.10. The van der Waals surface area contributed by atoms with Gasteiger partial charge in [0.05, 0.1) is 7.11 Å². The number of methoxy groups -OCH3 is 1. The van der Waals surface area contributed by atoms with Crippen LogP contribution < -0.4 is 5.32 Å². The van der Waals surface area contributed by atoms with Gasteiger partial charge >= 0.3 is 5.97 Å². The van der Waals surface area contributed by atoms with Gasteiger partial charge < -0.3 is 15.0 Å². The summed E-state index contributed by atoms with van der Waals surface area (Å²) in [4.78, 5) is 13.6. The molecule has 1 aromatic rings. The lowest BCUT2D eigenvalue weighted by molar-refractivity contribution is -0.140. The van der Waals surface area contributed by atoms with Crippen molar-refractivity contribution in [2.45, 2.75) is 11.8 Å². The monoisotopic (exact) mass is 310 g/mol. The van der Waals surface area contributed by atoms with E-state index in [-0.39, 0.29) is 11.2 Å². The molecule has 4 nitrogen and oxygen atoms in total. The highest BCUT2D eigenvalue weighted by Gasteiger charge is 2.28. The molecule has 1 atom stereocenters. The molecule has 0 amide bonds. The van der Waals surface area contributed by atoms with Crippen molar-refractivity contribution in [3.63, 3.8) is 0 Å². The largest absolute Gasteiger partial charge is 0.468 e. The summed E-state index contributed by atoms with van der Waals surface area (Å²) in [6, 6.07) is 10.1. The lowest BCUT2D eigenvalue weighted by atomic mass is 10.2. The Balaban J connectivity index is 1.84. The van der Waals surface area contributed by atoms with Crippen molar-refractivity contribution in [3.05, 3.63) is 35.9 Å². The van der Waals surface area contributed by atoms with Crippen LogP contribution in [0.2, 0.25) is 0 Å². The van der Waals surface area contributed by atoms with Crippen LogP contribution in [0.5, 0.6) is 0 Å². The molecule has 20 heavy (non-hydrogen) atoms. The Labute approximate surface area is 128 Å². The van der Waals surface area contributed by atoms with E-state index < -0.39 is 0 Å². The van der Waals surface area contributed by atoms with Gasteiger partial charge in [-0.15, -0.1) is 11.8 Å². The fourth-order valence-corrected chi connectivity index (χ4v) is 3.36. The molecule has 0 aromatic heterocycles. The van der Waals surface area contributed by atoms with Crippen LogP contribution in [0.4, 0.5) is 0 Å². The maximum absolute atomic E-state index is 11.6. The van der Waals surface area contributed by atoms with Crippen molar-refractivity contribution in [1.82, 2.24) is 10.2 Å². The van der Waals surface area contributed by atoms with E-state index in [0.717, 1.165) is 12.3 Å². The van der Waals surface area contributed by atoms with Crippen molar-refractivity contribution in [3.8, 4) is 0 Å². The maximum Gasteiger partial charge on any atom is 0.320 e. The maximum atomic E-state index is 11.6. The van der Waals surface area contributed by atoms with Crippen molar-refractivity contribution in [1.29, 1.82) is 0 Å². The van der Waals surface area contributed by atoms with Gasteiger partial charge in [0.15, 0.2) is 5.11 Å². The average Bonchev–Trinajstić information content (AvgIpc) is 2.53. The molecule has 0 bridgehead atoms. The number of esters is 1. The lowest BCUT2D eigenvalue weighted by Crippen LogP contribution is -2.48. The second-order valence-electron chi connectivity index (χ2n) is 4.47. The van der Waals surface area contributed by atoms with E-state index in [9.17, 15) is 4.79 Å². The van der Waals surface area contributed by atoms with E-state index >= 15 is 0 Å². The normalized spacial score (nSPS) is 18.4. The average molecular weight is 310 g/mol. The van der Waals surface area contributed by atoms with Crippen molar-refractivity contribution in [2.75, 3.05) is 26.0 Å². The predicted octanol–water partition coefficient (Wildman–Crippen LogP) is 1.65. The summed E-state index contributed by atoms with van der Waals surface area (Å²) in [5.41, 5.74) is 1.19. The molecule has 108 valence electrons. The third-order valence-corrected chi connectivity index (χ3v) is 4.67. The highest BCUT2D eigenvalue weighted by atomic mass is 32.2. The fraction of sp³-hybridized carbons (Fsp3) is 0.429. The van der Waals surface area contributed by atoms with Crippen LogP contribution >= 0.6 is 24.0 Å². The highest BCUT2D eigenvalue weighted by Crippen LogP contribution is 2.19. The van der Waals surface area contributed by atoms with Gasteiger partial charge in [0, 0.05) is 25.4 Å². The van der Waals surface area contributed by atoms with E-state index in [1.54, 1.807) is 11.8 Å². The first-order valence-electron chi connectivity index (χ1n) is 6.47. The van der Waals surface area contributed by atoms with Crippen LogP contribution in [0.1, 0.15) is 5.56 Å². The number of benzene rings is 1. The molecule has 0 aliphatic carbocycles. The summed E-state index contributed by atoms with van der Waals surface area (Å²) >= 11 is 7.03. The molecular weight excluding hydrogens is 292 g/mol. The smallest absolute Gasteiger partial charge is 0.320 e. The molecule has 1 saturated heterocycles. The minimum atomic E-state index is -0.175. The van der Waals surface area contributed by atoms with Crippen LogP contribution in [0.3, 0.4) is 0 Å². The Morgan fingerprint density at radius 2 is 2.25 bits per heavy atom. The number of rotatable bonds is 3. The van der Waals surface area contributed by atoms with Crippen LogP contribution in [0.25, 0.3) is 0 Å². The summed E-state index contributed by atoms with van der Waals surface area (Å²) in [6.07, 6.45) is 0. The fourth-order valence-electron chi connectivity index (χ4n) is 1.99. The molecule has 1 aromatic carbocycles. The number of ether oxygens (including phenoxy) is 1. The molecular formula is C14H18N2O2S2. The van der Waals surface area contributed by atoms with Gasteiger partial charge in [0.25, 0.3) is 0 Å². The summed E-state index contributed by atoms with van der Waals surface area (Å²) in [5, 5.41) is 3.79. The van der Waals surface area contributed by atoms with E-state index in [4.69, 9.17) is 17.0 Å². The summed E-state index contributed by atoms with van der Waals surface area (Å²) < 4.78 is 4.80. The third kappa shape index (κ3) is 4.11. The molecule has 1 aliphatic rings. The molecule has 2 rings (SSSR count). The van der Waals surface area contributed by atoms with Crippen molar-refractivity contribution >= 4 is 35.1 Å². The Hall–Kier alpha value is -1.27. The second kappa shape index (κ2) is 7.50. The van der Waals surface area contributed by atoms with Crippen LogP contribution in [0.15, 0.2) is 30.3 Å². The number of nitrogens with zero attached hydrogens (tertiary/aromatic N) is 1. The quantitative estimate of drug-likeness (QED) is 0.676. The predicted molar refractivity (Wildman–Crippen MR) is 85.7 cm³/mol. The number of carbonyl (C=O) groups is 1. The molecule has 0 unspecified atom stereocenters. The first-order valence-corrected chi connectivity index (χ1v) is 7.92. The number of thioether (sulfide) groups is 1. The van der Waals surface area contributed by atoms with Gasteiger partial charge in [0.2, 0.25) is 0 Å². The zero-order valence-electron chi connectivity index (χ0n) is 11.4. The summed E-state index contributed by atoms with van der Waals surface area (Å²) in [5.74, 6) is 0.706. The van der Waals surface area contributed by atoms with E-state index in [0.29, 0.717) is 18.2 Å². The Morgan fingerprint density at radius 3 is 2.95 bits per heavy atom. The molecule has 1 fully saturated rings. The van der Waals surface area contributed by atoms with Gasteiger partial charge in [-0.1, -0.05) is 30.3 Å². The Bertz CT molecular complexity index is 468. The zero-order valence-corrected chi connectivity index (χ0v) is 13.0. The van der Waals surface area contributed by atoms with Gasteiger partial charge in [-0.2, -0.15) is 0 Å². The lowest BCUT2D eigenvalue weighted by Gasteiger charge is -2.33. The van der Waals surface area contributed by atoms with Crippen LogP contribution in [-0.2, 0) is 16.1 Å². The molecule has 0 spiro atoms. The SMILES string of the molecule is COC(=O)[C@H]1CN(C(=S)NCc2ccccc2)CCS1. The van der Waals surface area contributed by atoms with Gasteiger partial charge in [0.1, 0.15) is 5.25 Å². The first kappa shape index (κ1) is 15.1. The first-order chi connectivity index (χ1) is 9.70. The van der Waals surface area contributed by atoms with Gasteiger partial charge in [-0.3, -0.25) is 4.79 Å². The van der Waals surface area contributed by atoms with E-state index in [2.05, 4.69) is 17.4 Å². The molecule has 1 aliphatic heterocycles. The number of carbonyl (C=O) groups excluding carboxylic acids is 1. The van der Waals surface area contributed by atoms with Gasteiger partial charge in [-0.25, -0.2) is 0 Å². The standard InChI is InChI=1S/C14H18N2O2S2/c1-18-13(17)12-10-16(7-8-20-12)14(19)15-9-11-5-3-2-4-6-11/h2-6,12H,7-10H2,1H3,(H,15,19)/t12-/m1/s1. The molecule has 0 saturated carbocycles. The zero-order chi connectivity index (χ0) is 14.4. The Morgan fingerprint density at radius 1 is 1.50 bits per heavy atom. The van der Waals surface area contributed by atoms with Crippen molar-refractivity contribution in [2.24, 2.45) is 0 Å². The van der Waals surface area contributed by atoms with E-state index in [1.165, 1.54) is 12.7 Å². The topological polar surface area (TPSA) is 41.6 Å². The summed E-state index contributed by atoms with van der Waals surface area (Å²) in [6.45, 7) is 2.17. The molecule has 1 N–H and O–H groups in total. The van der Waals surface area contributed by atoms with Crippen molar-refractivity contribution < 1.29 is 9.53 Å². The minimum absolute atomic E-state index is 0.148. The number of nitrogens with one attached hydrogen (secondary N) is 1. The molecule has 0 radical (unpaired) electrons.